The third-order valence-corrected chi connectivity index (χ3v) is 7.93. The number of anilines is 1. The molecule has 0 saturated carbocycles. The Morgan fingerprint density at radius 3 is 2.76 bits per heavy atom. The van der Waals surface area contributed by atoms with Crippen LogP contribution in [0.25, 0.3) is 10.9 Å². The number of H-pyrrole nitrogens is 1. The second kappa shape index (κ2) is 10.8. The van der Waals surface area contributed by atoms with E-state index in [1.807, 2.05) is 35.0 Å². The van der Waals surface area contributed by atoms with Gasteiger partial charge in [-0.15, -0.1) is 5.10 Å². The highest BCUT2D eigenvalue weighted by Gasteiger charge is 2.33. The maximum Gasteiger partial charge on any atom is 0.253 e. The molecule has 2 fully saturated rings. The number of tetrazole rings is 1. The number of piperazine rings is 1. The molecule has 2 aliphatic heterocycles. The Labute approximate surface area is 226 Å². The van der Waals surface area contributed by atoms with Crippen LogP contribution in [0.5, 0.6) is 0 Å². The average Bonchev–Trinajstić information content (AvgIpc) is 3.62. The molecule has 2 aromatic carbocycles. The van der Waals surface area contributed by atoms with Crippen LogP contribution >= 0.6 is 11.6 Å². The molecule has 0 bridgehead atoms. The number of benzene rings is 2. The fourth-order valence-corrected chi connectivity index (χ4v) is 5.81. The number of aryl methyl sites for hydroxylation is 1. The van der Waals surface area contributed by atoms with Crippen molar-refractivity contribution >= 4 is 28.2 Å². The van der Waals surface area contributed by atoms with Crippen molar-refractivity contribution in [2.45, 2.75) is 44.9 Å². The first kappa shape index (κ1) is 25.0. The number of halogens is 1. The molecule has 2 aliphatic rings. The molecule has 2 atom stereocenters. The van der Waals surface area contributed by atoms with Crippen molar-refractivity contribution in [3.05, 3.63) is 80.9 Å². The number of nitrogens with one attached hydrogen (secondary N) is 1. The van der Waals surface area contributed by atoms with Gasteiger partial charge in [0, 0.05) is 54.6 Å². The van der Waals surface area contributed by atoms with Gasteiger partial charge in [0.15, 0.2) is 5.82 Å². The molecule has 2 unspecified atom stereocenters. The van der Waals surface area contributed by atoms with Gasteiger partial charge in [-0.1, -0.05) is 30.7 Å². The Kier molecular flexibility index (Phi) is 7.14. The summed E-state index contributed by atoms with van der Waals surface area (Å²) in [6, 6.07) is 15.8. The van der Waals surface area contributed by atoms with E-state index in [1.165, 1.54) is 5.56 Å². The molecule has 198 valence electrons. The fourth-order valence-electron chi connectivity index (χ4n) is 5.62. The first-order valence-corrected chi connectivity index (χ1v) is 13.7. The summed E-state index contributed by atoms with van der Waals surface area (Å²) in [5.74, 6) is 0.674. The Morgan fingerprint density at radius 2 is 2.00 bits per heavy atom. The van der Waals surface area contributed by atoms with E-state index in [4.69, 9.17) is 16.3 Å². The van der Waals surface area contributed by atoms with E-state index in [1.54, 1.807) is 0 Å². The summed E-state index contributed by atoms with van der Waals surface area (Å²) in [5.41, 5.74) is 3.71. The molecule has 0 spiro atoms. The fraction of sp³-hybridized carbons (Fsp3) is 0.429. The zero-order valence-electron chi connectivity index (χ0n) is 21.5. The summed E-state index contributed by atoms with van der Waals surface area (Å²) in [4.78, 5) is 21.3. The third kappa shape index (κ3) is 5.06. The van der Waals surface area contributed by atoms with Gasteiger partial charge in [0.2, 0.25) is 0 Å². The van der Waals surface area contributed by atoms with Crippen LogP contribution in [-0.4, -0.2) is 69.0 Å². The second-order valence-electron chi connectivity index (χ2n) is 10.1. The lowest BCUT2D eigenvalue weighted by Gasteiger charge is -2.39. The van der Waals surface area contributed by atoms with E-state index in [0.717, 1.165) is 73.7 Å². The number of hydrogen-bond donors (Lipinski definition) is 1. The van der Waals surface area contributed by atoms with Crippen LogP contribution in [0.3, 0.4) is 0 Å². The number of aromatic amines is 1. The zero-order valence-corrected chi connectivity index (χ0v) is 22.3. The van der Waals surface area contributed by atoms with Crippen molar-refractivity contribution in [1.29, 1.82) is 0 Å². The van der Waals surface area contributed by atoms with Crippen LogP contribution in [0, 0.1) is 0 Å². The minimum absolute atomic E-state index is 0.0829. The number of fused-ring (bicyclic) bond motifs is 1. The van der Waals surface area contributed by atoms with Crippen LogP contribution in [0.4, 0.5) is 5.69 Å². The maximum absolute atomic E-state index is 13.5. The molecule has 9 nitrogen and oxygen atoms in total. The molecule has 38 heavy (non-hydrogen) atoms. The quantitative estimate of drug-likeness (QED) is 0.386. The van der Waals surface area contributed by atoms with Gasteiger partial charge >= 0.3 is 0 Å². The van der Waals surface area contributed by atoms with Crippen molar-refractivity contribution in [3.63, 3.8) is 0 Å². The topological polar surface area (TPSA) is 92.2 Å². The molecule has 6 rings (SSSR count). The molecule has 4 heterocycles. The number of pyridine rings is 1. The zero-order chi connectivity index (χ0) is 26.1. The van der Waals surface area contributed by atoms with Crippen molar-refractivity contribution in [3.8, 4) is 0 Å². The normalized spacial score (nSPS) is 19.3. The highest BCUT2D eigenvalue weighted by atomic mass is 35.5. The highest BCUT2D eigenvalue weighted by molar-refractivity contribution is 6.30. The Morgan fingerprint density at radius 1 is 1.13 bits per heavy atom. The van der Waals surface area contributed by atoms with Gasteiger partial charge in [-0.25, -0.2) is 4.68 Å². The molecule has 1 N–H and O–H groups in total. The maximum atomic E-state index is 13.5. The predicted octanol–water partition coefficient (Wildman–Crippen LogP) is 3.82. The van der Waals surface area contributed by atoms with Crippen LogP contribution in [0.15, 0.2) is 53.3 Å². The summed E-state index contributed by atoms with van der Waals surface area (Å²) < 4.78 is 7.71. The number of hydrogen-bond acceptors (Lipinski definition) is 7. The lowest BCUT2D eigenvalue weighted by molar-refractivity contribution is 0.0906. The summed E-state index contributed by atoms with van der Waals surface area (Å²) in [6.45, 7) is 6.57. The van der Waals surface area contributed by atoms with Crippen molar-refractivity contribution in [1.82, 2.24) is 30.1 Å². The molecule has 4 aromatic rings. The number of rotatable bonds is 7. The van der Waals surface area contributed by atoms with E-state index in [-0.39, 0.29) is 17.7 Å². The number of nitrogens with zero attached hydrogens (tertiary/aromatic N) is 6. The molecule has 0 radical (unpaired) electrons. The molecule has 0 amide bonds. The molecule has 2 saturated heterocycles. The largest absolute Gasteiger partial charge is 0.376 e. The lowest BCUT2D eigenvalue weighted by Crippen LogP contribution is -2.49. The molecular weight excluding hydrogens is 502 g/mol. The first-order valence-electron chi connectivity index (χ1n) is 13.4. The monoisotopic (exact) mass is 533 g/mol. The van der Waals surface area contributed by atoms with Gasteiger partial charge in [0.1, 0.15) is 6.04 Å². The van der Waals surface area contributed by atoms with Crippen molar-refractivity contribution < 1.29 is 4.74 Å². The van der Waals surface area contributed by atoms with E-state index >= 15 is 0 Å². The van der Waals surface area contributed by atoms with E-state index in [0.29, 0.717) is 17.9 Å². The van der Waals surface area contributed by atoms with Gasteiger partial charge in [-0.3, -0.25) is 9.69 Å². The Bertz CT molecular complexity index is 1470. The van der Waals surface area contributed by atoms with Gasteiger partial charge in [-0.2, -0.15) is 0 Å². The van der Waals surface area contributed by atoms with Crippen LogP contribution < -0.4 is 10.5 Å². The van der Waals surface area contributed by atoms with Gasteiger partial charge in [0.05, 0.1) is 12.6 Å². The van der Waals surface area contributed by atoms with Gasteiger partial charge < -0.3 is 14.6 Å². The standard InChI is InChI=1S/C28H32ClN7O2/c1-2-19-8-9-25-20(15-19)16-24(28(37)30-25)26(27-31-32-33-36(27)18-23-7-4-14-38-23)35-12-10-34(11-13-35)22-6-3-5-21(29)17-22/h3,5-6,8-9,15-17,23,26H,2,4,7,10-14,18H2,1H3,(H,30,37). The van der Waals surface area contributed by atoms with Gasteiger partial charge in [-0.05, 0) is 77.0 Å². The van der Waals surface area contributed by atoms with Gasteiger partial charge in [0.25, 0.3) is 5.56 Å². The molecule has 10 heteroatoms. The summed E-state index contributed by atoms with van der Waals surface area (Å²) in [6.07, 6.45) is 3.04. The Hall–Kier alpha value is -3.27. The minimum atomic E-state index is -0.383. The highest BCUT2D eigenvalue weighted by Crippen LogP contribution is 2.30. The first-order chi connectivity index (χ1) is 18.6. The van der Waals surface area contributed by atoms with Crippen LogP contribution in [0.2, 0.25) is 5.02 Å². The molecular formula is C28H32ClN7O2. The summed E-state index contributed by atoms with van der Waals surface area (Å²) >= 11 is 6.25. The van der Waals surface area contributed by atoms with E-state index < -0.39 is 0 Å². The summed E-state index contributed by atoms with van der Waals surface area (Å²) in [7, 11) is 0. The van der Waals surface area contributed by atoms with Crippen LogP contribution in [-0.2, 0) is 17.7 Å². The molecule has 2 aromatic heterocycles. The average molecular weight is 534 g/mol. The SMILES string of the molecule is CCc1ccc2[nH]c(=O)c(C(c3nnnn3CC3CCCO3)N3CCN(c4cccc(Cl)c4)CC3)cc2c1. The number of ether oxygens (including phenoxy) is 1. The number of aromatic nitrogens is 5. The summed E-state index contributed by atoms with van der Waals surface area (Å²) in [5, 5.41) is 14.6. The third-order valence-electron chi connectivity index (χ3n) is 7.70. The second-order valence-corrected chi connectivity index (χ2v) is 10.5. The molecule has 0 aliphatic carbocycles. The minimum Gasteiger partial charge on any atom is -0.376 e. The van der Waals surface area contributed by atoms with E-state index in [9.17, 15) is 4.79 Å². The van der Waals surface area contributed by atoms with Crippen molar-refractivity contribution in [2.24, 2.45) is 0 Å². The van der Waals surface area contributed by atoms with Crippen molar-refractivity contribution in [2.75, 3.05) is 37.7 Å². The Balaban J connectivity index is 1.37. The van der Waals surface area contributed by atoms with Crippen LogP contribution in [0.1, 0.15) is 42.8 Å². The lowest BCUT2D eigenvalue weighted by atomic mass is 10.0. The predicted molar refractivity (Wildman–Crippen MR) is 148 cm³/mol. The smallest absolute Gasteiger partial charge is 0.253 e. The van der Waals surface area contributed by atoms with E-state index in [2.05, 4.69) is 55.4 Å².